The van der Waals surface area contributed by atoms with Crippen molar-refractivity contribution >= 4 is 22.1 Å². The summed E-state index contributed by atoms with van der Waals surface area (Å²) in [4.78, 5) is 4.36. The van der Waals surface area contributed by atoms with E-state index < -0.39 is 0 Å². The summed E-state index contributed by atoms with van der Waals surface area (Å²) in [7, 11) is 0. The molecule has 2 aromatic carbocycles. The van der Waals surface area contributed by atoms with Crippen LogP contribution in [0.25, 0.3) is 0 Å². The molecule has 0 saturated heterocycles. The Kier molecular flexibility index (Phi) is 4.74. The molecular weight excluding hydrogens is 302 g/mol. The highest BCUT2D eigenvalue weighted by atomic mass is 79.9. The maximum absolute atomic E-state index is 9.69. The second-order valence-corrected chi connectivity index (χ2v) is 5.26. The Labute approximate surface area is 122 Å². The highest BCUT2D eigenvalue weighted by Crippen LogP contribution is 2.20. The Balaban J connectivity index is 2.04. The van der Waals surface area contributed by atoms with Crippen LogP contribution in [0, 0.1) is 0 Å². The molecule has 0 aliphatic carbocycles. The van der Waals surface area contributed by atoms with Crippen LogP contribution in [0.3, 0.4) is 0 Å². The Morgan fingerprint density at radius 1 is 1.11 bits per heavy atom. The van der Waals surface area contributed by atoms with Crippen molar-refractivity contribution in [1.29, 1.82) is 0 Å². The van der Waals surface area contributed by atoms with E-state index in [1.54, 1.807) is 18.3 Å². The van der Waals surface area contributed by atoms with Gasteiger partial charge in [-0.1, -0.05) is 47.1 Å². The van der Waals surface area contributed by atoms with Crippen molar-refractivity contribution in [2.75, 3.05) is 0 Å². The summed E-state index contributed by atoms with van der Waals surface area (Å²) < 4.78 is 0.930. The number of halogens is 1. The number of phenols is 1. The van der Waals surface area contributed by atoms with Gasteiger partial charge < -0.3 is 5.11 Å². The molecule has 2 rings (SSSR count). The predicted octanol–water partition coefficient (Wildman–Crippen LogP) is 4.34. The Morgan fingerprint density at radius 2 is 1.79 bits per heavy atom. The van der Waals surface area contributed by atoms with Crippen molar-refractivity contribution in [3.05, 3.63) is 63.6 Å². The largest absolute Gasteiger partial charge is 0.507 e. The van der Waals surface area contributed by atoms with E-state index in [1.807, 2.05) is 6.07 Å². The van der Waals surface area contributed by atoms with Gasteiger partial charge in [0.2, 0.25) is 0 Å². The number of hydrogen-bond acceptors (Lipinski definition) is 2. The lowest BCUT2D eigenvalue weighted by Crippen LogP contribution is -1.87. The third-order valence-corrected chi connectivity index (χ3v) is 3.42. The van der Waals surface area contributed by atoms with E-state index in [2.05, 4.69) is 52.1 Å². The van der Waals surface area contributed by atoms with E-state index in [1.165, 1.54) is 11.1 Å². The molecule has 0 aromatic heterocycles. The topological polar surface area (TPSA) is 32.6 Å². The molecule has 0 radical (unpaired) electrons. The van der Waals surface area contributed by atoms with Crippen LogP contribution in [0.1, 0.15) is 23.6 Å². The molecule has 0 atom stereocenters. The van der Waals surface area contributed by atoms with E-state index in [4.69, 9.17) is 0 Å². The smallest absolute Gasteiger partial charge is 0.124 e. The van der Waals surface area contributed by atoms with Crippen LogP contribution in [0.4, 0.5) is 0 Å². The lowest BCUT2D eigenvalue weighted by atomic mass is 10.1. The van der Waals surface area contributed by atoms with Crippen molar-refractivity contribution in [1.82, 2.24) is 0 Å². The van der Waals surface area contributed by atoms with Gasteiger partial charge in [-0.05, 0) is 35.7 Å². The minimum Gasteiger partial charge on any atom is -0.507 e. The molecule has 0 aliphatic rings. The van der Waals surface area contributed by atoms with Gasteiger partial charge in [0.25, 0.3) is 0 Å². The van der Waals surface area contributed by atoms with Crippen LogP contribution in [-0.2, 0) is 13.0 Å². The fourth-order valence-electron chi connectivity index (χ4n) is 1.76. The molecule has 0 bridgehead atoms. The van der Waals surface area contributed by atoms with Gasteiger partial charge in [-0.3, -0.25) is 4.99 Å². The summed E-state index contributed by atoms with van der Waals surface area (Å²) in [6.45, 7) is 2.76. The van der Waals surface area contributed by atoms with Crippen LogP contribution >= 0.6 is 15.9 Å². The molecule has 0 amide bonds. The number of benzene rings is 2. The van der Waals surface area contributed by atoms with Gasteiger partial charge in [0.15, 0.2) is 0 Å². The molecule has 0 unspecified atom stereocenters. The van der Waals surface area contributed by atoms with Crippen molar-refractivity contribution in [3.8, 4) is 5.75 Å². The molecule has 0 saturated carbocycles. The summed E-state index contributed by atoms with van der Waals surface area (Å²) in [6, 6.07) is 13.7. The first-order chi connectivity index (χ1) is 9.19. The number of nitrogens with zero attached hydrogens (tertiary/aromatic N) is 1. The standard InChI is InChI=1S/C16H16BrNO/c1-2-12-3-5-13(6-4-12)10-18-11-14-9-15(17)7-8-16(14)19/h3-9,11,19H,2,10H2,1H3. The van der Waals surface area contributed by atoms with Crippen LogP contribution in [-0.4, -0.2) is 11.3 Å². The first-order valence-corrected chi connectivity index (χ1v) is 7.04. The molecule has 1 N–H and O–H groups in total. The molecular formula is C16H16BrNO. The number of aryl methyl sites for hydroxylation is 1. The van der Waals surface area contributed by atoms with E-state index in [0.717, 1.165) is 16.5 Å². The highest BCUT2D eigenvalue weighted by molar-refractivity contribution is 9.10. The SMILES string of the molecule is CCc1ccc(CN=Cc2cc(Br)ccc2O)cc1. The van der Waals surface area contributed by atoms with E-state index >= 15 is 0 Å². The maximum Gasteiger partial charge on any atom is 0.124 e. The molecule has 0 fully saturated rings. The molecule has 2 nitrogen and oxygen atoms in total. The fourth-order valence-corrected chi connectivity index (χ4v) is 2.14. The van der Waals surface area contributed by atoms with E-state index in [9.17, 15) is 5.11 Å². The number of aromatic hydroxyl groups is 1. The van der Waals surface area contributed by atoms with Crippen LogP contribution in [0.5, 0.6) is 5.75 Å². The molecule has 0 aliphatic heterocycles. The minimum atomic E-state index is 0.244. The molecule has 0 heterocycles. The summed E-state index contributed by atoms with van der Waals surface area (Å²) in [5.74, 6) is 0.244. The van der Waals surface area contributed by atoms with Gasteiger partial charge in [0.05, 0.1) is 6.54 Å². The van der Waals surface area contributed by atoms with Gasteiger partial charge in [-0.2, -0.15) is 0 Å². The van der Waals surface area contributed by atoms with Crippen LogP contribution in [0.15, 0.2) is 51.9 Å². The van der Waals surface area contributed by atoms with Crippen molar-refractivity contribution in [2.24, 2.45) is 4.99 Å². The zero-order chi connectivity index (χ0) is 13.7. The Bertz CT molecular complexity index is 576. The number of rotatable bonds is 4. The highest BCUT2D eigenvalue weighted by Gasteiger charge is 1.98. The summed E-state index contributed by atoms with van der Waals surface area (Å²) >= 11 is 3.38. The molecule has 98 valence electrons. The normalized spacial score (nSPS) is 11.1. The quantitative estimate of drug-likeness (QED) is 0.836. The van der Waals surface area contributed by atoms with Crippen molar-refractivity contribution in [2.45, 2.75) is 19.9 Å². The summed E-state index contributed by atoms with van der Waals surface area (Å²) in [5, 5.41) is 9.69. The fraction of sp³-hybridized carbons (Fsp3) is 0.188. The lowest BCUT2D eigenvalue weighted by Gasteiger charge is -2.01. The van der Waals surface area contributed by atoms with Gasteiger partial charge >= 0.3 is 0 Å². The van der Waals surface area contributed by atoms with E-state index in [0.29, 0.717) is 6.54 Å². The summed E-state index contributed by atoms with van der Waals surface area (Å²) in [6.07, 6.45) is 2.75. The maximum atomic E-state index is 9.69. The molecule has 2 aromatic rings. The Hall–Kier alpha value is -1.61. The first-order valence-electron chi connectivity index (χ1n) is 6.25. The van der Waals surface area contributed by atoms with E-state index in [-0.39, 0.29) is 5.75 Å². The molecule has 0 spiro atoms. The second kappa shape index (κ2) is 6.53. The van der Waals surface area contributed by atoms with Gasteiger partial charge in [-0.25, -0.2) is 0 Å². The summed E-state index contributed by atoms with van der Waals surface area (Å²) in [5.41, 5.74) is 3.22. The average Bonchev–Trinajstić information content (AvgIpc) is 2.43. The van der Waals surface area contributed by atoms with Crippen LogP contribution in [0.2, 0.25) is 0 Å². The van der Waals surface area contributed by atoms with Gasteiger partial charge in [0.1, 0.15) is 5.75 Å². The first kappa shape index (κ1) is 13.8. The van der Waals surface area contributed by atoms with Crippen molar-refractivity contribution < 1.29 is 5.11 Å². The molecule has 19 heavy (non-hydrogen) atoms. The molecule has 3 heteroatoms. The predicted molar refractivity (Wildman–Crippen MR) is 82.9 cm³/mol. The number of phenolic OH excluding ortho intramolecular Hbond substituents is 1. The average molecular weight is 318 g/mol. The van der Waals surface area contributed by atoms with Gasteiger partial charge in [-0.15, -0.1) is 0 Å². The second-order valence-electron chi connectivity index (χ2n) is 4.34. The minimum absolute atomic E-state index is 0.244. The number of aliphatic imine (C=N–C) groups is 1. The zero-order valence-corrected chi connectivity index (χ0v) is 12.4. The van der Waals surface area contributed by atoms with Crippen molar-refractivity contribution in [3.63, 3.8) is 0 Å². The third-order valence-electron chi connectivity index (χ3n) is 2.93. The van der Waals surface area contributed by atoms with Gasteiger partial charge in [0, 0.05) is 16.3 Å². The monoisotopic (exact) mass is 317 g/mol. The number of hydrogen-bond donors (Lipinski definition) is 1. The van der Waals surface area contributed by atoms with Crippen LogP contribution < -0.4 is 0 Å². The Morgan fingerprint density at radius 3 is 2.47 bits per heavy atom. The zero-order valence-electron chi connectivity index (χ0n) is 10.8. The third kappa shape index (κ3) is 3.93. The lowest BCUT2D eigenvalue weighted by molar-refractivity contribution is 0.474.